The first-order chi connectivity index (χ1) is 26.9. The Labute approximate surface area is 358 Å². The Bertz CT molecular complexity index is 3490. The molecule has 304 valence electrons. The highest BCUT2D eigenvalue weighted by Gasteiger charge is 2.38. The minimum absolute atomic E-state index is 0.00312. The van der Waals surface area contributed by atoms with Gasteiger partial charge in [-0.1, -0.05) is 13.3 Å². The van der Waals surface area contributed by atoms with Crippen molar-refractivity contribution < 1.29 is 64.9 Å². The van der Waals surface area contributed by atoms with E-state index in [2.05, 4.69) is 63.7 Å². The van der Waals surface area contributed by atoms with E-state index in [9.17, 15) is 66.2 Å². The molecule has 0 unspecified atom stereocenters. The van der Waals surface area contributed by atoms with Crippen LogP contribution in [0.3, 0.4) is 0 Å². The minimum atomic E-state index is -5.09. The molecule has 0 bridgehead atoms. The van der Waals surface area contributed by atoms with Crippen LogP contribution in [0.4, 0.5) is 0 Å². The fraction of sp³-hybridized carbons (Fsp3) is 0.222. The van der Waals surface area contributed by atoms with E-state index < -0.39 is 122 Å². The van der Waals surface area contributed by atoms with E-state index in [1.54, 1.807) is 6.92 Å². The van der Waals surface area contributed by atoms with Crippen molar-refractivity contribution in [2.75, 3.05) is 0 Å². The van der Waals surface area contributed by atoms with Crippen molar-refractivity contribution in [2.24, 2.45) is 0 Å². The summed E-state index contributed by atoms with van der Waals surface area (Å²) in [6, 6.07) is 0. The van der Waals surface area contributed by atoms with Gasteiger partial charge in [0.05, 0.1) is 42.7 Å². The van der Waals surface area contributed by atoms with E-state index in [1.165, 1.54) is 6.92 Å². The monoisotopic (exact) mass is 1090 g/mol. The second kappa shape index (κ2) is 13.5. The van der Waals surface area contributed by atoms with Crippen molar-refractivity contribution in [1.29, 1.82) is 0 Å². The predicted molar refractivity (Wildman–Crippen MR) is 228 cm³/mol. The van der Waals surface area contributed by atoms with Crippen LogP contribution in [0.25, 0.3) is 75.4 Å². The van der Waals surface area contributed by atoms with Gasteiger partial charge in [-0.25, -0.2) is 8.37 Å². The van der Waals surface area contributed by atoms with Crippen LogP contribution in [0.5, 0.6) is 34.5 Å². The molecule has 58 heavy (non-hydrogen) atoms. The lowest BCUT2D eigenvalue weighted by Crippen LogP contribution is -2.21. The van der Waals surface area contributed by atoms with Crippen LogP contribution in [-0.2, 0) is 42.0 Å². The molecule has 0 heterocycles. The Morgan fingerprint density at radius 2 is 0.793 bits per heavy atom. The Morgan fingerprint density at radius 3 is 1.16 bits per heavy atom. The lowest BCUT2D eigenvalue weighted by Gasteiger charge is -2.28. The number of phenolic OH excluding ortho intramolecular Hbond substituents is 6. The third kappa shape index (κ3) is 5.59. The zero-order chi connectivity index (χ0) is 42.6. The second-order valence-electron chi connectivity index (χ2n) is 13.9. The van der Waals surface area contributed by atoms with E-state index in [-0.39, 0.29) is 80.4 Å². The molecule has 22 heteroatoms. The Morgan fingerprint density at radius 1 is 0.483 bits per heavy atom. The fourth-order valence-corrected chi connectivity index (χ4v) is 11.5. The van der Waals surface area contributed by atoms with Gasteiger partial charge in [0.2, 0.25) is 10.9 Å². The molecule has 0 radical (unpaired) electrons. The summed E-state index contributed by atoms with van der Waals surface area (Å²) >= 11 is 13.0. The smallest absolute Gasteiger partial charge is 0.397 e. The maximum Gasteiger partial charge on any atom is 0.397 e. The lowest BCUT2D eigenvalue weighted by molar-refractivity contribution is 0.172. The molecule has 8 rings (SSSR count). The Kier molecular flexibility index (Phi) is 9.56. The maximum atomic E-state index is 14.9. The van der Waals surface area contributed by atoms with Crippen molar-refractivity contribution in [3.05, 3.63) is 49.5 Å². The third-order valence-electron chi connectivity index (χ3n) is 10.5. The van der Waals surface area contributed by atoms with Gasteiger partial charge in [-0.3, -0.25) is 18.7 Å². The van der Waals surface area contributed by atoms with Gasteiger partial charge in [-0.05, 0) is 99.0 Å². The first kappa shape index (κ1) is 41.2. The van der Waals surface area contributed by atoms with Crippen LogP contribution < -0.4 is 10.9 Å². The zero-order valence-electron chi connectivity index (χ0n) is 29.2. The molecule has 8 aromatic rings. The van der Waals surface area contributed by atoms with Crippen molar-refractivity contribution in [2.45, 2.75) is 51.7 Å². The fourth-order valence-electron chi connectivity index (χ4n) is 8.64. The molecular weight excluding hydrogens is 1070 g/mol. The number of fused-ring (bicyclic) bond motifs is 2. The second-order valence-corrected chi connectivity index (χ2v) is 19.2. The molecule has 8 aromatic carbocycles. The average molecular weight is 1100 g/mol. The molecule has 0 saturated heterocycles. The Balaban J connectivity index is 1.82. The number of hydrogen-bond donors (Lipinski definition) is 8. The molecule has 16 nitrogen and oxygen atoms in total. The molecule has 0 spiro atoms. The highest BCUT2D eigenvalue weighted by molar-refractivity contribution is 9.11. The van der Waals surface area contributed by atoms with Crippen LogP contribution in [0.15, 0.2) is 27.5 Å². The van der Waals surface area contributed by atoms with E-state index >= 15 is 0 Å². The van der Waals surface area contributed by atoms with E-state index in [4.69, 9.17) is 8.37 Å². The summed E-state index contributed by atoms with van der Waals surface area (Å²) < 4.78 is 75.9. The minimum Gasteiger partial charge on any atom is -0.506 e. The topological polar surface area (TPSA) is 283 Å². The summed E-state index contributed by atoms with van der Waals surface area (Å²) in [6.07, 6.45) is -3.32. The van der Waals surface area contributed by atoms with Crippen molar-refractivity contribution in [1.82, 2.24) is 0 Å². The van der Waals surface area contributed by atoms with Crippen LogP contribution in [-0.4, -0.2) is 68.8 Å². The summed E-state index contributed by atoms with van der Waals surface area (Å²) in [6.45, 7) is 2.96. The molecule has 0 aliphatic heterocycles. The zero-order valence-corrected chi connectivity index (χ0v) is 37.1. The average Bonchev–Trinajstić information content (AvgIpc) is 3.11. The molecule has 0 aromatic heterocycles. The molecule has 0 fully saturated rings. The van der Waals surface area contributed by atoms with Gasteiger partial charge in [0.1, 0.15) is 43.4 Å². The standard InChI is InChI=1S/C36H24Br4O16S2/c1-3-4-8(56-58(52,53)54)6-10-12-11-9(5-7(2)55-57(49,50)51)25(37)33(45)21-13(11)15-16-14(12)22(34(46)26(10)38)30(42)24-18(16)20(32(44)28(40)36(24)48)19-17(15)23(29(21)41)35(47)27(39)31(19)43/h7-8,43-48H,3-6H2,1-2H3,(H,49,50,51)(H,52,53,54)/t7-,8-/m1/s1. The van der Waals surface area contributed by atoms with E-state index in [0.717, 1.165) is 0 Å². The number of aromatic hydroxyl groups is 6. The summed E-state index contributed by atoms with van der Waals surface area (Å²) in [4.78, 5) is 29.7. The number of hydrogen-bond acceptors (Lipinski definition) is 14. The first-order valence-corrected chi connectivity index (χ1v) is 22.7. The summed E-state index contributed by atoms with van der Waals surface area (Å²) in [5, 5.41) is 67.5. The molecule has 0 aliphatic rings. The summed E-state index contributed by atoms with van der Waals surface area (Å²) in [7, 11) is -10.2. The van der Waals surface area contributed by atoms with Crippen LogP contribution >= 0.6 is 63.7 Å². The van der Waals surface area contributed by atoms with E-state index in [1.807, 2.05) is 0 Å². The summed E-state index contributed by atoms with van der Waals surface area (Å²) in [5.41, 5.74) is -1.99. The largest absolute Gasteiger partial charge is 0.506 e. The van der Waals surface area contributed by atoms with Crippen LogP contribution in [0.2, 0.25) is 0 Å². The first-order valence-electron chi connectivity index (χ1n) is 16.8. The van der Waals surface area contributed by atoms with E-state index in [0.29, 0.717) is 6.42 Å². The number of phenols is 6. The van der Waals surface area contributed by atoms with Gasteiger partial charge >= 0.3 is 20.8 Å². The molecular formula is C36H24Br4O16S2. The molecule has 0 saturated carbocycles. The molecule has 0 amide bonds. The third-order valence-corrected chi connectivity index (χ3v) is 14.8. The molecule has 0 aliphatic carbocycles. The van der Waals surface area contributed by atoms with Crippen LogP contribution in [0, 0.1) is 0 Å². The SMILES string of the molecule is CCC[C@H](Cc1c(Br)c(O)c2c(=O)c3c(O)c(Br)c(O)c4c5c(O)c(Br)c(O)c6c(=O)c7c(O)c(Br)c(C[C@@H](C)OS(=O)(=O)O)c8c1c2c(c34)c(c65)c78)OS(=O)(=O)O. The highest BCUT2D eigenvalue weighted by Crippen LogP contribution is 2.61. The van der Waals surface area contributed by atoms with Gasteiger partial charge in [0.15, 0.2) is 0 Å². The highest BCUT2D eigenvalue weighted by atomic mass is 79.9. The number of halogens is 4. The van der Waals surface area contributed by atoms with Gasteiger partial charge < -0.3 is 30.6 Å². The lowest BCUT2D eigenvalue weighted by atomic mass is 9.77. The van der Waals surface area contributed by atoms with Crippen molar-refractivity contribution >= 4 is 160 Å². The van der Waals surface area contributed by atoms with Crippen LogP contribution in [0.1, 0.15) is 37.8 Å². The summed E-state index contributed by atoms with van der Waals surface area (Å²) in [5.74, 6) is -4.40. The van der Waals surface area contributed by atoms with Crippen molar-refractivity contribution in [3.8, 4) is 34.5 Å². The maximum absolute atomic E-state index is 14.9. The van der Waals surface area contributed by atoms with Gasteiger partial charge in [-0.15, -0.1) is 0 Å². The van der Waals surface area contributed by atoms with Gasteiger partial charge in [-0.2, -0.15) is 16.8 Å². The quantitative estimate of drug-likeness (QED) is 0.0368. The van der Waals surface area contributed by atoms with Crippen molar-refractivity contribution in [3.63, 3.8) is 0 Å². The molecule has 8 N–H and O–H groups in total. The predicted octanol–water partition coefficient (Wildman–Crippen LogP) is 7.80. The Hall–Kier alpha value is -3.58. The van der Waals surface area contributed by atoms with Gasteiger partial charge in [0, 0.05) is 55.9 Å². The normalized spacial score (nSPS) is 14.3. The van der Waals surface area contributed by atoms with Gasteiger partial charge in [0.25, 0.3) is 0 Å². The number of rotatable bonds is 10. The number of benzene rings is 8. The molecule has 2 atom stereocenters.